The molecule has 0 radical (unpaired) electrons. The molecule has 0 aromatic carbocycles. The number of ether oxygens (including phenoxy) is 1. The van der Waals surface area contributed by atoms with Crippen LogP contribution in [-0.4, -0.2) is 29.2 Å². The minimum atomic E-state index is -1.04. The number of hydrogen-bond acceptors (Lipinski definition) is 3. The molecule has 2 aromatic heterocycles. The SMILES string of the molecule is C[Si](C)(C)CCOCn1cc(Br)c2nc(Cl)ncc21. The van der Waals surface area contributed by atoms with Gasteiger partial charge in [0.2, 0.25) is 5.28 Å². The Bertz CT molecular complexity index is 582. The first-order chi connectivity index (χ1) is 8.87. The molecule has 2 aromatic rings. The predicted molar refractivity (Wildman–Crippen MR) is 84.3 cm³/mol. The number of nitrogens with zero attached hydrogens (tertiary/aromatic N) is 3. The van der Waals surface area contributed by atoms with E-state index in [0.29, 0.717) is 6.73 Å². The van der Waals surface area contributed by atoms with E-state index in [-0.39, 0.29) is 5.28 Å². The Labute approximate surface area is 127 Å². The summed E-state index contributed by atoms with van der Waals surface area (Å²) in [4.78, 5) is 8.21. The number of fused-ring (bicyclic) bond motifs is 1. The van der Waals surface area contributed by atoms with Gasteiger partial charge in [-0.15, -0.1) is 0 Å². The van der Waals surface area contributed by atoms with Crippen molar-refractivity contribution in [1.82, 2.24) is 14.5 Å². The second-order valence-corrected chi connectivity index (χ2v) is 12.5. The highest BCUT2D eigenvalue weighted by molar-refractivity contribution is 9.10. The van der Waals surface area contributed by atoms with Crippen LogP contribution < -0.4 is 0 Å². The standard InChI is InChI=1S/C12H17BrClN3OSi/c1-19(2,3)5-4-18-8-17-7-9(13)11-10(17)6-15-12(14)16-11/h6-7H,4-5,8H2,1-3H3. The van der Waals surface area contributed by atoms with Crippen molar-refractivity contribution in [3.63, 3.8) is 0 Å². The Hall–Kier alpha value is -0.433. The Balaban J connectivity index is 2.05. The quantitative estimate of drug-likeness (QED) is 0.455. The molecule has 2 heterocycles. The van der Waals surface area contributed by atoms with Gasteiger partial charge < -0.3 is 9.30 Å². The summed E-state index contributed by atoms with van der Waals surface area (Å²) in [5.74, 6) is 0. The minimum absolute atomic E-state index is 0.255. The Morgan fingerprint density at radius 1 is 1.42 bits per heavy atom. The zero-order valence-electron chi connectivity index (χ0n) is 11.3. The van der Waals surface area contributed by atoms with Crippen LogP contribution in [0, 0.1) is 0 Å². The molecular weight excluding hydrogens is 346 g/mol. The number of halogens is 2. The summed E-state index contributed by atoms with van der Waals surface area (Å²) >= 11 is 9.27. The van der Waals surface area contributed by atoms with E-state index in [0.717, 1.165) is 28.2 Å². The van der Waals surface area contributed by atoms with Crippen molar-refractivity contribution in [2.75, 3.05) is 6.61 Å². The average molecular weight is 363 g/mol. The van der Waals surface area contributed by atoms with Gasteiger partial charge in [-0.25, -0.2) is 9.97 Å². The number of rotatable bonds is 5. The predicted octanol–water partition coefficient (Wildman–Crippen LogP) is 4.16. The fraction of sp³-hybridized carbons (Fsp3) is 0.500. The van der Waals surface area contributed by atoms with Gasteiger partial charge in [0.05, 0.1) is 16.2 Å². The van der Waals surface area contributed by atoms with Crippen LogP contribution in [0.4, 0.5) is 0 Å². The first-order valence-corrected chi connectivity index (χ1v) is 11.0. The van der Waals surface area contributed by atoms with Crippen LogP contribution in [-0.2, 0) is 11.5 Å². The van der Waals surface area contributed by atoms with Crippen molar-refractivity contribution in [3.05, 3.63) is 22.1 Å². The van der Waals surface area contributed by atoms with Crippen molar-refractivity contribution in [3.8, 4) is 0 Å². The molecule has 0 saturated heterocycles. The summed E-state index contributed by atoms with van der Waals surface area (Å²) in [7, 11) is -1.04. The highest BCUT2D eigenvalue weighted by Gasteiger charge is 2.13. The third-order valence-electron chi connectivity index (χ3n) is 2.77. The third kappa shape index (κ3) is 4.01. The fourth-order valence-electron chi connectivity index (χ4n) is 1.66. The highest BCUT2D eigenvalue weighted by Crippen LogP contribution is 2.24. The van der Waals surface area contributed by atoms with Crippen molar-refractivity contribution in [1.29, 1.82) is 0 Å². The van der Waals surface area contributed by atoms with Crippen LogP contribution in [0.5, 0.6) is 0 Å². The molecule has 0 aliphatic heterocycles. The van der Waals surface area contributed by atoms with Gasteiger partial charge in [-0.3, -0.25) is 0 Å². The minimum Gasteiger partial charge on any atom is -0.361 e. The van der Waals surface area contributed by atoms with Crippen LogP contribution in [0.25, 0.3) is 11.0 Å². The lowest BCUT2D eigenvalue weighted by Gasteiger charge is -2.15. The van der Waals surface area contributed by atoms with Crippen molar-refractivity contribution in [2.45, 2.75) is 32.4 Å². The van der Waals surface area contributed by atoms with E-state index >= 15 is 0 Å². The molecule has 0 bridgehead atoms. The van der Waals surface area contributed by atoms with Crippen LogP contribution >= 0.6 is 27.5 Å². The molecule has 0 unspecified atom stereocenters. The monoisotopic (exact) mass is 361 g/mol. The Morgan fingerprint density at radius 2 is 2.16 bits per heavy atom. The fourth-order valence-corrected chi connectivity index (χ4v) is 3.08. The summed E-state index contributed by atoms with van der Waals surface area (Å²) in [5, 5.41) is 0.255. The lowest BCUT2D eigenvalue weighted by molar-refractivity contribution is 0.0901. The first kappa shape index (κ1) is 15.0. The topological polar surface area (TPSA) is 39.9 Å². The summed E-state index contributed by atoms with van der Waals surface area (Å²) < 4.78 is 8.63. The molecule has 0 amide bonds. The van der Waals surface area contributed by atoms with E-state index in [1.807, 2.05) is 10.8 Å². The molecule has 104 valence electrons. The highest BCUT2D eigenvalue weighted by atomic mass is 79.9. The van der Waals surface area contributed by atoms with Crippen molar-refractivity contribution < 1.29 is 4.74 Å². The molecule has 0 aliphatic carbocycles. The van der Waals surface area contributed by atoms with E-state index in [9.17, 15) is 0 Å². The lowest BCUT2D eigenvalue weighted by atomic mass is 10.5. The number of aromatic nitrogens is 3. The zero-order valence-corrected chi connectivity index (χ0v) is 14.6. The van der Waals surface area contributed by atoms with Crippen LogP contribution in [0.3, 0.4) is 0 Å². The maximum atomic E-state index is 5.80. The summed E-state index contributed by atoms with van der Waals surface area (Å²) in [6.45, 7) is 8.33. The molecule has 0 atom stereocenters. The molecule has 4 nitrogen and oxygen atoms in total. The molecule has 7 heteroatoms. The van der Waals surface area contributed by atoms with Gasteiger partial charge in [-0.2, -0.15) is 0 Å². The molecule has 0 spiro atoms. The Kier molecular flexibility index (Phi) is 4.65. The molecular formula is C12H17BrClN3OSi. The summed E-state index contributed by atoms with van der Waals surface area (Å²) in [6.07, 6.45) is 3.67. The van der Waals surface area contributed by atoms with E-state index in [2.05, 4.69) is 45.5 Å². The summed E-state index contributed by atoms with van der Waals surface area (Å²) in [5.41, 5.74) is 1.73. The zero-order chi connectivity index (χ0) is 14.0. The Morgan fingerprint density at radius 3 is 2.84 bits per heavy atom. The van der Waals surface area contributed by atoms with Crippen molar-refractivity contribution >= 4 is 46.6 Å². The molecule has 0 N–H and O–H groups in total. The average Bonchev–Trinajstić information content (AvgIpc) is 2.60. The summed E-state index contributed by atoms with van der Waals surface area (Å²) in [6, 6.07) is 1.16. The van der Waals surface area contributed by atoms with Gasteiger partial charge in [0.1, 0.15) is 12.2 Å². The third-order valence-corrected chi connectivity index (χ3v) is 5.24. The van der Waals surface area contributed by atoms with E-state index < -0.39 is 8.07 Å². The van der Waals surface area contributed by atoms with Gasteiger partial charge in [-0.05, 0) is 33.6 Å². The number of hydrogen-bond donors (Lipinski definition) is 0. The largest absolute Gasteiger partial charge is 0.361 e. The van der Waals surface area contributed by atoms with Crippen LogP contribution in [0.15, 0.2) is 16.9 Å². The van der Waals surface area contributed by atoms with Gasteiger partial charge in [0.15, 0.2) is 0 Å². The molecule has 2 rings (SSSR count). The van der Waals surface area contributed by atoms with E-state index in [4.69, 9.17) is 16.3 Å². The van der Waals surface area contributed by atoms with E-state index in [1.54, 1.807) is 6.20 Å². The van der Waals surface area contributed by atoms with Crippen molar-refractivity contribution in [2.24, 2.45) is 0 Å². The molecule has 0 aliphatic rings. The normalized spacial score (nSPS) is 12.3. The second kappa shape index (κ2) is 5.91. The van der Waals surface area contributed by atoms with Gasteiger partial charge in [-0.1, -0.05) is 19.6 Å². The lowest BCUT2D eigenvalue weighted by Crippen LogP contribution is -2.21. The van der Waals surface area contributed by atoms with Crippen LogP contribution in [0.1, 0.15) is 0 Å². The molecule has 0 saturated carbocycles. The van der Waals surface area contributed by atoms with Crippen LogP contribution in [0.2, 0.25) is 31.0 Å². The second-order valence-electron chi connectivity index (χ2n) is 5.67. The maximum absolute atomic E-state index is 5.80. The first-order valence-electron chi connectivity index (χ1n) is 6.11. The molecule has 19 heavy (non-hydrogen) atoms. The molecule has 0 fully saturated rings. The van der Waals surface area contributed by atoms with Gasteiger partial charge >= 0.3 is 0 Å². The smallest absolute Gasteiger partial charge is 0.223 e. The van der Waals surface area contributed by atoms with Gasteiger partial charge in [0.25, 0.3) is 0 Å². The maximum Gasteiger partial charge on any atom is 0.223 e. The van der Waals surface area contributed by atoms with E-state index in [1.165, 1.54) is 0 Å². The van der Waals surface area contributed by atoms with Gasteiger partial charge in [0, 0.05) is 20.9 Å².